The molecule has 0 aliphatic carbocycles. The van der Waals surface area contributed by atoms with Crippen molar-refractivity contribution < 1.29 is 27.6 Å². The lowest BCUT2D eigenvalue weighted by atomic mass is 9.94. The van der Waals surface area contributed by atoms with Crippen LogP contribution in [-0.4, -0.2) is 24.5 Å². The number of alkyl halides is 3. The molecular weight excluding hydrogens is 467 g/mol. The Morgan fingerprint density at radius 3 is 2.14 bits per heavy atom. The standard InChI is InChI=1S/C29H28F3NO3/c1-19(34)14-23-11-12-26(29(30,31)32)17-25(23)18-27(35)13-10-20-6-8-21(9-7-20)15-22-4-3-5-24(16-22)28(36)33-2/h3-9,11-12,16-17H,10,13-15,18H2,1-2H3,(H,33,36). The molecule has 1 N–H and O–H groups in total. The number of halogens is 3. The quantitative estimate of drug-likeness (QED) is 0.402. The SMILES string of the molecule is CNC(=O)c1cccc(Cc2ccc(CCC(=O)Cc3cc(C(F)(F)F)ccc3CC(C)=O)cc2)c1. The van der Waals surface area contributed by atoms with Crippen LogP contribution in [0.1, 0.15) is 57.1 Å². The third-order valence-corrected chi connectivity index (χ3v) is 5.90. The zero-order valence-corrected chi connectivity index (χ0v) is 20.2. The second kappa shape index (κ2) is 11.8. The summed E-state index contributed by atoms with van der Waals surface area (Å²) in [7, 11) is 1.59. The van der Waals surface area contributed by atoms with Crippen molar-refractivity contribution in [2.75, 3.05) is 7.05 Å². The smallest absolute Gasteiger partial charge is 0.355 e. The van der Waals surface area contributed by atoms with Crippen LogP contribution < -0.4 is 5.32 Å². The highest BCUT2D eigenvalue weighted by Gasteiger charge is 2.31. The molecule has 0 unspecified atom stereocenters. The van der Waals surface area contributed by atoms with Crippen LogP contribution in [0.2, 0.25) is 0 Å². The summed E-state index contributed by atoms with van der Waals surface area (Å²) in [5.41, 5.74) is 3.47. The van der Waals surface area contributed by atoms with Gasteiger partial charge in [-0.2, -0.15) is 13.2 Å². The lowest BCUT2D eigenvalue weighted by molar-refractivity contribution is -0.137. The maximum Gasteiger partial charge on any atom is 0.416 e. The number of carbonyl (C=O) groups is 3. The second-order valence-electron chi connectivity index (χ2n) is 8.85. The highest BCUT2D eigenvalue weighted by molar-refractivity contribution is 5.94. The van der Waals surface area contributed by atoms with Crippen molar-refractivity contribution in [3.63, 3.8) is 0 Å². The average molecular weight is 496 g/mol. The van der Waals surface area contributed by atoms with Gasteiger partial charge in [-0.3, -0.25) is 14.4 Å². The molecule has 0 saturated carbocycles. The molecule has 0 fully saturated rings. The van der Waals surface area contributed by atoms with Gasteiger partial charge in [-0.1, -0.05) is 42.5 Å². The van der Waals surface area contributed by atoms with Gasteiger partial charge in [0.25, 0.3) is 5.91 Å². The lowest BCUT2D eigenvalue weighted by Gasteiger charge is -2.13. The highest BCUT2D eigenvalue weighted by Crippen LogP contribution is 2.31. The van der Waals surface area contributed by atoms with Gasteiger partial charge in [-0.15, -0.1) is 0 Å². The fourth-order valence-corrected chi connectivity index (χ4v) is 4.02. The Kier molecular flexibility index (Phi) is 8.80. The minimum Gasteiger partial charge on any atom is -0.355 e. The number of amides is 1. The first kappa shape index (κ1) is 26.9. The largest absolute Gasteiger partial charge is 0.416 e. The van der Waals surface area contributed by atoms with Crippen LogP contribution in [0.5, 0.6) is 0 Å². The van der Waals surface area contributed by atoms with Crippen molar-refractivity contribution in [3.8, 4) is 0 Å². The minimum absolute atomic E-state index is 0.00572. The molecule has 0 aliphatic rings. The van der Waals surface area contributed by atoms with Gasteiger partial charge in [0.15, 0.2) is 0 Å². The number of hydrogen-bond donors (Lipinski definition) is 1. The van der Waals surface area contributed by atoms with Crippen molar-refractivity contribution in [2.24, 2.45) is 0 Å². The molecule has 36 heavy (non-hydrogen) atoms. The van der Waals surface area contributed by atoms with Crippen molar-refractivity contribution in [1.82, 2.24) is 5.32 Å². The number of Topliss-reactive ketones (excluding diaryl/α,β-unsaturated/α-hetero) is 2. The van der Waals surface area contributed by atoms with Crippen LogP contribution in [0, 0.1) is 0 Å². The summed E-state index contributed by atoms with van der Waals surface area (Å²) in [5, 5.41) is 2.61. The first-order valence-electron chi connectivity index (χ1n) is 11.6. The summed E-state index contributed by atoms with van der Waals surface area (Å²) in [6, 6.07) is 18.4. The average Bonchev–Trinajstić information content (AvgIpc) is 2.83. The van der Waals surface area contributed by atoms with Crippen LogP contribution in [0.15, 0.2) is 66.7 Å². The van der Waals surface area contributed by atoms with Gasteiger partial charge in [-0.25, -0.2) is 0 Å². The van der Waals surface area contributed by atoms with E-state index in [9.17, 15) is 27.6 Å². The summed E-state index contributed by atoms with van der Waals surface area (Å²) < 4.78 is 39.4. The first-order chi connectivity index (χ1) is 17.0. The van der Waals surface area contributed by atoms with Gasteiger partial charge in [0, 0.05) is 31.9 Å². The molecule has 0 aromatic heterocycles. The zero-order chi connectivity index (χ0) is 26.3. The van der Waals surface area contributed by atoms with Gasteiger partial charge >= 0.3 is 6.18 Å². The molecule has 0 spiro atoms. The Morgan fingerprint density at radius 2 is 1.50 bits per heavy atom. The second-order valence-corrected chi connectivity index (χ2v) is 8.85. The number of aryl methyl sites for hydroxylation is 1. The topological polar surface area (TPSA) is 63.2 Å². The van der Waals surface area contributed by atoms with E-state index in [2.05, 4.69) is 5.32 Å². The molecule has 0 heterocycles. The van der Waals surface area contributed by atoms with Crippen LogP contribution in [0.4, 0.5) is 13.2 Å². The van der Waals surface area contributed by atoms with E-state index in [0.29, 0.717) is 24.0 Å². The molecule has 188 valence electrons. The Labute approximate surface area is 208 Å². The fraction of sp³-hybridized carbons (Fsp3) is 0.276. The van der Waals surface area contributed by atoms with E-state index in [1.807, 2.05) is 42.5 Å². The molecule has 4 nitrogen and oxygen atoms in total. The number of hydrogen-bond acceptors (Lipinski definition) is 3. The van der Waals surface area contributed by atoms with E-state index in [1.54, 1.807) is 13.1 Å². The third kappa shape index (κ3) is 7.63. The van der Waals surface area contributed by atoms with Gasteiger partial charge < -0.3 is 5.32 Å². The summed E-state index contributed by atoms with van der Waals surface area (Å²) in [5.74, 6) is -0.506. The lowest BCUT2D eigenvalue weighted by Crippen LogP contribution is -2.17. The maximum atomic E-state index is 13.1. The molecule has 3 aromatic rings. The van der Waals surface area contributed by atoms with Gasteiger partial charge in [-0.05, 0) is 71.8 Å². The summed E-state index contributed by atoms with van der Waals surface area (Å²) >= 11 is 0. The molecule has 0 aliphatic heterocycles. The van der Waals surface area contributed by atoms with Gasteiger partial charge in [0.1, 0.15) is 11.6 Å². The molecule has 7 heteroatoms. The van der Waals surface area contributed by atoms with Crippen molar-refractivity contribution in [2.45, 2.75) is 45.2 Å². The van der Waals surface area contributed by atoms with Crippen molar-refractivity contribution >= 4 is 17.5 Å². The molecule has 0 saturated heterocycles. The summed E-state index contributed by atoms with van der Waals surface area (Å²) in [6.07, 6.45) is -3.37. The normalized spacial score (nSPS) is 11.2. The number of rotatable bonds is 10. The minimum atomic E-state index is -4.52. The van der Waals surface area contributed by atoms with E-state index < -0.39 is 11.7 Å². The van der Waals surface area contributed by atoms with E-state index >= 15 is 0 Å². The Morgan fingerprint density at radius 1 is 0.806 bits per heavy atom. The van der Waals surface area contributed by atoms with E-state index in [1.165, 1.54) is 13.0 Å². The zero-order valence-electron chi connectivity index (χ0n) is 20.2. The van der Waals surface area contributed by atoms with Crippen molar-refractivity contribution in [3.05, 3.63) is 106 Å². The summed E-state index contributed by atoms with van der Waals surface area (Å²) in [4.78, 5) is 36.0. The fourth-order valence-electron chi connectivity index (χ4n) is 4.02. The van der Waals surface area contributed by atoms with Crippen LogP contribution in [0.25, 0.3) is 0 Å². The number of nitrogens with one attached hydrogen (secondary N) is 1. The molecule has 1 amide bonds. The molecular formula is C29H28F3NO3. The first-order valence-corrected chi connectivity index (χ1v) is 11.6. The number of benzene rings is 3. The monoisotopic (exact) mass is 495 g/mol. The molecule has 0 atom stereocenters. The van der Waals surface area contributed by atoms with E-state index in [-0.39, 0.29) is 42.3 Å². The molecule has 3 rings (SSSR count). The van der Waals surface area contributed by atoms with Gasteiger partial charge in [0.2, 0.25) is 0 Å². The van der Waals surface area contributed by atoms with Crippen LogP contribution >= 0.6 is 0 Å². The maximum absolute atomic E-state index is 13.1. The van der Waals surface area contributed by atoms with Crippen molar-refractivity contribution in [1.29, 1.82) is 0 Å². The van der Waals surface area contributed by atoms with Crippen LogP contribution in [0.3, 0.4) is 0 Å². The number of ketones is 2. The van der Waals surface area contributed by atoms with Gasteiger partial charge in [0.05, 0.1) is 5.56 Å². The molecule has 3 aromatic carbocycles. The van der Waals surface area contributed by atoms with Crippen LogP contribution in [-0.2, 0) is 41.4 Å². The number of carbonyl (C=O) groups excluding carboxylic acids is 3. The highest BCUT2D eigenvalue weighted by atomic mass is 19.4. The predicted molar refractivity (Wildman–Crippen MR) is 132 cm³/mol. The third-order valence-electron chi connectivity index (χ3n) is 5.90. The molecule has 0 bridgehead atoms. The Balaban J connectivity index is 1.62. The Bertz CT molecular complexity index is 1250. The summed E-state index contributed by atoms with van der Waals surface area (Å²) in [6.45, 7) is 1.37. The predicted octanol–water partition coefficient (Wildman–Crippen LogP) is 5.53. The molecule has 0 radical (unpaired) electrons. The Hall–Kier alpha value is -3.74. The van der Waals surface area contributed by atoms with E-state index in [0.717, 1.165) is 28.8 Å². The van der Waals surface area contributed by atoms with E-state index in [4.69, 9.17) is 0 Å².